The number of methoxy groups -OCH3 is 1. The van der Waals surface area contributed by atoms with Crippen LogP contribution in [-0.2, 0) is 14.3 Å². The van der Waals surface area contributed by atoms with Crippen LogP contribution in [0.1, 0.15) is 114 Å². The maximum absolute atomic E-state index is 14.5. The fourth-order valence-corrected chi connectivity index (χ4v) is 11.0. The Hall–Kier alpha value is -1.38. The lowest BCUT2D eigenvalue weighted by atomic mass is 9.34. The average molecular weight is 509 g/mol. The van der Waals surface area contributed by atoms with Crippen molar-refractivity contribution in [3.8, 4) is 0 Å². The summed E-state index contributed by atoms with van der Waals surface area (Å²) in [7, 11) is 1.54. The van der Waals surface area contributed by atoms with Crippen LogP contribution in [0.15, 0.2) is 23.3 Å². The molecule has 0 unspecified atom stereocenters. The third-order valence-corrected chi connectivity index (χ3v) is 13.7. The molecule has 3 heteroatoms. The molecule has 0 radical (unpaired) electrons. The third kappa shape index (κ3) is 3.30. The maximum atomic E-state index is 14.5. The third-order valence-electron chi connectivity index (χ3n) is 13.7. The van der Waals surface area contributed by atoms with Gasteiger partial charge in [0.05, 0.1) is 12.5 Å². The van der Waals surface area contributed by atoms with Gasteiger partial charge < -0.3 is 4.74 Å². The first-order valence-corrected chi connectivity index (χ1v) is 15.1. The summed E-state index contributed by atoms with van der Waals surface area (Å²) in [6, 6.07) is 0. The van der Waals surface area contributed by atoms with E-state index < -0.39 is 5.41 Å². The largest absolute Gasteiger partial charge is 0.469 e. The van der Waals surface area contributed by atoms with Crippen LogP contribution in [0.5, 0.6) is 0 Å². The Bertz CT molecular complexity index is 1080. The van der Waals surface area contributed by atoms with Crippen LogP contribution < -0.4 is 0 Å². The Kier molecular flexibility index (Phi) is 5.93. The molecular formula is C34H52O3. The lowest BCUT2D eigenvalue weighted by molar-refractivity contribution is -0.191. The van der Waals surface area contributed by atoms with Gasteiger partial charge in [0.25, 0.3) is 0 Å². The number of hydrogen-bond donors (Lipinski definition) is 0. The molecule has 0 amide bonds. The summed E-state index contributed by atoms with van der Waals surface area (Å²) in [6.45, 7) is 21.7. The van der Waals surface area contributed by atoms with Crippen molar-refractivity contribution in [1.29, 1.82) is 0 Å². The Labute approximate surface area is 226 Å². The van der Waals surface area contributed by atoms with Gasteiger partial charge in [0.1, 0.15) is 0 Å². The van der Waals surface area contributed by atoms with Crippen LogP contribution in [0.4, 0.5) is 0 Å². The first kappa shape index (κ1) is 27.2. The summed E-state index contributed by atoms with van der Waals surface area (Å²) in [4.78, 5) is 27.9. The van der Waals surface area contributed by atoms with Gasteiger partial charge in [0.15, 0.2) is 5.78 Å². The first-order valence-electron chi connectivity index (χ1n) is 15.1. The summed E-state index contributed by atoms with van der Waals surface area (Å²) in [5.41, 5.74) is 2.47. The van der Waals surface area contributed by atoms with Crippen molar-refractivity contribution >= 4 is 11.8 Å². The van der Waals surface area contributed by atoms with Gasteiger partial charge in [-0.3, -0.25) is 9.59 Å². The molecular weight excluding hydrogens is 456 g/mol. The predicted octanol–water partition coefficient (Wildman–Crippen LogP) is 8.33. The van der Waals surface area contributed by atoms with Crippen LogP contribution in [0, 0.1) is 56.2 Å². The maximum Gasteiger partial charge on any atom is 0.312 e. The number of fused-ring (bicyclic) bond motifs is 7. The number of ether oxygens (including phenoxy) is 1. The molecule has 0 aliphatic heterocycles. The Morgan fingerprint density at radius 3 is 2.27 bits per heavy atom. The normalized spacial score (nSPS) is 47.9. The van der Waals surface area contributed by atoms with E-state index in [-0.39, 0.29) is 50.7 Å². The molecule has 5 aliphatic carbocycles. The van der Waals surface area contributed by atoms with Crippen molar-refractivity contribution in [2.45, 2.75) is 114 Å². The average Bonchev–Trinajstić information content (AvgIpc) is 2.82. The lowest BCUT2D eigenvalue weighted by Crippen LogP contribution is -2.65. The Morgan fingerprint density at radius 1 is 1.00 bits per heavy atom. The van der Waals surface area contributed by atoms with Crippen LogP contribution in [0.2, 0.25) is 0 Å². The van der Waals surface area contributed by atoms with Crippen molar-refractivity contribution < 1.29 is 14.3 Å². The molecule has 8 atom stereocenters. The fraction of sp³-hybridized carbons (Fsp3) is 0.824. The summed E-state index contributed by atoms with van der Waals surface area (Å²) in [5, 5.41) is 0. The van der Waals surface area contributed by atoms with Gasteiger partial charge in [0, 0.05) is 11.3 Å². The summed E-state index contributed by atoms with van der Waals surface area (Å²) in [5.74, 6) is 1.25. The minimum atomic E-state index is -0.509. The monoisotopic (exact) mass is 508 g/mol. The Balaban J connectivity index is 1.69. The molecule has 5 aliphatic rings. The minimum Gasteiger partial charge on any atom is -0.469 e. The number of esters is 1. The minimum absolute atomic E-state index is 0.0489. The molecule has 0 spiro atoms. The van der Waals surface area contributed by atoms with Crippen LogP contribution >= 0.6 is 0 Å². The van der Waals surface area contributed by atoms with E-state index in [1.807, 2.05) is 0 Å². The highest BCUT2D eigenvalue weighted by Gasteiger charge is 2.70. The molecule has 0 heterocycles. The highest BCUT2D eigenvalue weighted by molar-refractivity contribution is 5.96. The van der Waals surface area contributed by atoms with Gasteiger partial charge in [-0.2, -0.15) is 0 Å². The number of hydrogen-bond acceptors (Lipinski definition) is 3. The van der Waals surface area contributed by atoms with Crippen LogP contribution in [-0.4, -0.2) is 18.9 Å². The summed E-state index contributed by atoms with van der Waals surface area (Å²) >= 11 is 0. The van der Waals surface area contributed by atoms with Gasteiger partial charge in [-0.1, -0.05) is 79.5 Å². The molecule has 0 aromatic heterocycles. The van der Waals surface area contributed by atoms with E-state index in [2.05, 4.69) is 74.5 Å². The van der Waals surface area contributed by atoms with E-state index in [1.165, 1.54) is 19.1 Å². The fourth-order valence-electron chi connectivity index (χ4n) is 11.0. The number of carbonyl (C=O) groups excluding carboxylic acids is 2. The zero-order valence-electron chi connectivity index (χ0n) is 25.3. The molecule has 3 fully saturated rings. The molecule has 0 N–H and O–H groups in total. The van der Waals surface area contributed by atoms with E-state index in [0.717, 1.165) is 44.9 Å². The van der Waals surface area contributed by atoms with Gasteiger partial charge in [-0.25, -0.2) is 0 Å². The van der Waals surface area contributed by atoms with Crippen molar-refractivity contribution in [2.24, 2.45) is 56.2 Å². The molecule has 3 saturated carbocycles. The standard InChI is InChI=1S/C34H52O3/c1-11-22-19-31(7)25(30(5,6)21(22)2)12-13-32(8)26(31)18-24(35)27-23-20-29(3,4)14-16-34(23,28(36)37-10)17-15-33(27,32)9/h18-19,21,23,25,27H,11-17,20H2,1-10H3/t21-,23-,25-,27-,31-,32+,33+,34-/m0/s1. The zero-order chi connectivity index (χ0) is 27.4. The predicted molar refractivity (Wildman–Crippen MR) is 150 cm³/mol. The topological polar surface area (TPSA) is 43.4 Å². The smallest absolute Gasteiger partial charge is 0.312 e. The number of carbonyl (C=O) groups is 2. The second-order valence-corrected chi connectivity index (χ2v) is 15.8. The molecule has 206 valence electrons. The quantitative estimate of drug-likeness (QED) is 0.278. The second kappa shape index (κ2) is 8.07. The summed E-state index contributed by atoms with van der Waals surface area (Å²) < 4.78 is 5.47. The van der Waals surface area contributed by atoms with E-state index in [4.69, 9.17) is 4.74 Å². The molecule has 3 nitrogen and oxygen atoms in total. The highest BCUT2D eigenvalue weighted by atomic mass is 16.5. The van der Waals surface area contributed by atoms with Crippen molar-refractivity contribution in [2.75, 3.05) is 7.11 Å². The number of allylic oxidation sites excluding steroid dienone is 4. The molecule has 0 bridgehead atoms. The van der Waals surface area contributed by atoms with Gasteiger partial charge in [-0.15, -0.1) is 0 Å². The Morgan fingerprint density at radius 2 is 1.65 bits per heavy atom. The van der Waals surface area contributed by atoms with Gasteiger partial charge in [-0.05, 0) is 96.9 Å². The molecule has 0 saturated heterocycles. The van der Waals surface area contributed by atoms with Crippen molar-refractivity contribution in [3.63, 3.8) is 0 Å². The van der Waals surface area contributed by atoms with Crippen LogP contribution in [0.3, 0.4) is 0 Å². The molecule has 37 heavy (non-hydrogen) atoms. The summed E-state index contributed by atoms with van der Waals surface area (Å²) in [6.07, 6.45) is 12.7. The van der Waals surface area contributed by atoms with Crippen molar-refractivity contribution in [3.05, 3.63) is 23.3 Å². The van der Waals surface area contributed by atoms with Gasteiger partial charge in [0.2, 0.25) is 0 Å². The van der Waals surface area contributed by atoms with Crippen molar-refractivity contribution in [1.82, 2.24) is 0 Å². The SMILES string of the molecule is CCC1=C[C@]2(C)C3=CC(=O)[C@@H]4[C@@H]5CC(C)(C)CC[C@]5(C(=O)OC)CC[C@@]4(C)[C@]3(C)CC[C@H]2C(C)(C)[C@H]1C. The molecule has 0 aromatic rings. The lowest BCUT2D eigenvalue weighted by Gasteiger charge is -2.69. The highest BCUT2D eigenvalue weighted by Crippen LogP contribution is 2.75. The van der Waals surface area contributed by atoms with Crippen LogP contribution in [0.25, 0.3) is 0 Å². The second-order valence-electron chi connectivity index (χ2n) is 15.8. The van der Waals surface area contributed by atoms with E-state index >= 15 is 0 Å². The zero-order valence-corrected chi connectivity index (χ0v) is 25.3. The van der Waals surface area contributed by atoms with E-state index in [0.29, 0.717) is 11.8 Å². The number of ketones is 1. The molecule has 0 aromatic carbocycles. The van der Waals surface area contributed by atoms with E-state index in [1.54, 1.807) is 5.57 Å². The molecule has 5 rings (SSSR count). The van der Waals surface area contributed by atoms with Gasteiger partial charge >= 0.3 is 5.97 Å². The first-order chi connectivity index (χ1) is 17.0. The van der Waals surface area contributed by atoms with E-state index in [9.17, 15) is 9.59 Å². The number of rotatable bonds is 2.